The second-order valence-corrected chi connectivity index (χ2v) is 9.91. The zero-order chi connectivity index (χ0) is 25.4. The van der Waals surface area contributed by atoms with Gasteiger partial charge in [0.2, 0.25) is 5.90 Å². The highest BCUT2D eigenvalue weighted by molar-refractivity contribution is 9.10. The van der Waals surface area contributed by atoms with Crippen LogP contribution in [0.5, 0.6) is 5.75 Å². The van der Waals surface area contributed by atoms with Crippen LogP contribution >= 0.6 is 27.5 Å². The molecule has 36 heavy (non-hydrogen) atoms. The molecule has 1 heterocycles. The number of amides is 1. The minimum absolute atomic E-state index is 0.0869. The summed E-state index contributed by atoms with van der Waals surface area (Å²) in [5.74, 6) is 0.941. The molecule has 8 heteroatoms. The molecule has 1 amide bonds. The number of ether oxygens (including phenoxy) is 2. The van der Waals surface area contributed by atoms with Crippen LogP contribution < -0.4 is 10.1 Å². The fourth-order valence-corrected chi connectivity index (χ4v) is 4.44. The first-order valence-electron chi connectivity index (χ1n) is 11.8. The van der Waals surface area contributed by atoms with Gasteiger partial charge in [-0.1, -0.05) is 57.9 Å². The molecule has 188 valence electrons. The van der Waals surface area contributed by atoms with Crippen LogP contribution in [0, 0.1) is 0 Å². The summed E-state index contributed by atoms with van der Waals surface area (Å²) in [5.41, 5.74) is 1.65. The molecule has 3 aromatic carbocycles. The number of rotatable bonds is 11. The van der Waals surface area contributed by atoms with Crippen LogP contribution in [0.1, 0.15) is 23.1 Å². The van der Waals surface area contributed by atoms with Crippen molar-refractivity contribution in [3.8, 4) is 5.75 Å². The number of benzene rings is 3. The van der Waals surface area contributed by atoms with Gasteiger partial charge in [0.15, 0.2) is 5.54 Å². The smallest absolute Gasteiger partial charge is 0.251 e. The predicted octanol–water partition coefficient (Wildman–Crippen LogP) is 4.98. The number of aliphatic hydroxyl groups excluding tert-OH is 1. The third kappa shape index (κ3) is 6.66. The molecule has 0 unspecified atom stereocenters. The van der Waals surface area contributed by atoms with Gasteiger partial charge in [-0.05, 0) is 60.0 Å². The van der Waals surface area contributed by atoms with Gasteiger partial charge in [0.25, 0.3) is 5.91 Å². The highest BCUT2D eigenvalue weighted by Crippen LogP contribution is 2.28. The summed E-state index contributed by atoms with van der Waals surface area (Å²) < 4.78 is 12.6. The second-order valence-electron chi connectivity index (χ2n) is 8.59. The van der Waals surface area contributed by atoms with Crippen molar-refractivity contribution in [2.75, 3.05) is 26.4 Å². The maximum Gasteiger partial charge on any atom is 0.251 e. The van der Waals surface area contributed by atoms with Gasteiger partial charge >= 0.3 is 0 Å². The molecule has 0 saturated heterocycles. The van der Waals surface area contributed by atoms with Crippen molar-refractivity contribution in [1.29, 1.82) is 0 Å². The quantitative estimate of drug-likeness (QED) is 0.318. The maximum atomic E-state index is 13.5. The number of carbonyl (C=O) groups excluding carboxylic acids is 1. The minimum atomic E-state index is -1.08. The lowest BCUT2D eigenvalue weighted by atomic mass is 9.91. The lowest BCUT2D eigenvalue weighted by Gasteiger charge is -2.23. The molecule has 1 aliphatic heterocycles. The van der Waals surface area contributed by atoms with E-state index in [0.717, 1.165) is 21.2 Å². The SMILES string of the molecule is O=C(NCCc1ccccc1Cl)[C@@]1(Cc2ccc(Br)cc2)COC(c2ccc(OCCCO)cc2)=N1. The van der Waals surface area contributed by atoms with E-state index in [1.807, 2.05) is 72.8 Å². The maximum absolute atomic E-state index is 13.5. The normalized spacial score (nSPS) is 16.8. The van der Waals surface area contributed by atoms with Crippen LogP contribution in [0.4, 0.5) is 0 Å². The average Bonchev–Trinajstić information content (AvgIpc) is 3.32. The number of halogens is 2. The fraction of sp³-hybridized carbons (Fsp3) is 0.286. The lowest BCUT2D eigenvalue weighted by molar-refractivity contribution is -0.126. The number of hydrogen-bond acceptors (Lipinski definition) is 5. The van der Waals surface area contributed by atoms with Crippen molar-refractivity contribution in [2.24, 2.45) is 4.99 Å². The number of aliphatic hydroxyl groups is 1. The van der Waals surface area contributed by atoms with E-state index in [1.165, 1.54) is 0 Å². The highest BCUT2D eigenvalue weighted by atomic mass is 79.9. The van der Waals surface area contributed by atoms with Crippen molar-refractivity contribution in [3.63, 3.8) is 0 Å². The van der Waals surface area contributed by atoms with Gasteiger partial charge in [-0.2, -0.15) is 0 Å². The Balaban J connectivity index is 1.51. The minimum Gasteiger partial charge on any atom is -0.494 e. The number of carbonyl (C=O) groups is 1. The third-order valence-corrected chi connectivity index (χ3v) is 6.80. The molecule has 0 aromatic heterocycles. The van der Waals surface area contributed by atoms with Crippen molar-refractivity contribution in [1.82, 2.24) is 5.32 Å². The molecule has 0 spiro atoms. The molecule has 2 N–H and O–H groups in total. The van der Waals surface area contributed by atoms with E-state index < -0.39 is 5.54 Å². The second kappa shape index (κ2) is 12.4. The lowest BCUT2D eigenvalue weighted by Crippen LogP contribution is -2.49. The molecule has 0 fully saturated rings. The van der Waals surface area contributed by atoms with Gasteiger partial charge in [0.1, 0.15) is 12.4 Å². The first-order chi connectivity index (χ1) is 17.5. The zero-order valence-electron chi connectivity index (χ0n) is 19.8. The van der Waals surface area contributed by atoms with Crippen LogP contribution in [-0.4, -0.2) is 48.8 Å². The topological polar surface area (TPSA) is 80.2 Å². The average molecular weight is 572 g/mol. The Morgan fingerprint density at radius 3 is 2.58 bits per heavy atom. The molecule has 0 aliphatic carbocycles. The van der Waals surface area contributed by atoms with E-state index in [2.05, 4.69) is 21.2 Å². The zero-order valence-corrected chi connectivity index (χ0v) is 22.1. The number of nitrogens with zero attached hydrogens (tertiary/aromatic N) is 1. The van der Waals surface area contributed by atoms with Crippen LogP contribution in [0.15, 0.2) is 82.3 Å². The first-order valence-corrected chi connectivity index (χ1v) is 13.0. The monoisotopic (exact) mass is 570 g/mol. The predicted molar refractivity (Wildman–Crippen MR) is 145 cm³/mol. The summed E-state index contributed by atoms with van der Waals surface area (Å²) >= 11 is 9.73. The molecule has 0 bridgehead atoms. The number of hydrogen-bond donors (Lipinski definition) is 2. The van der Waals surface area contributed by atoms with Crippen molar-refractivity contribution >= 4 is 39.3 Å². The Kier molecular flexibility index (Phi) is 9.02. The van der Waals surface area contributed by atoms with Gasteiger partial charge in [-0.3, -0.25) is 4.79 Å². The Morgan fingerprint density at radius 2 is 1.86 bits per heavy atom. The van der Waals surface area contributed by atoms with Crippen molar-refractivity contribution in [3.05, 3.63) is 99.0 Å². The van der Waals surface area contributed by atoms with E-state index in [1.54, 1.807) is 0 Å². The summed E-state index contributed by atoms with van der Waals surface area (Å²) in [7, 11) is 0. The standard InChI is InChI=1S/C28H28BrClN2O4/c29-23-10-6-20(7-11-23)18-28(27(34)31-15-14-21-4-1-2-5-25(21)30)19-36-26(32-28)22-8-12-24(13-9-22)35-17-3-16-33/h1-2,4-13,33H,3,14-19H2,(H,31,34)/t28-/m1/s1. The van der Waals surface area contributed by atoms with Gasteiger partial charge in [0.05, 0.1) is 6.61 Å². The first kappa shape index (κ1) is 26.2. The Bertz CT molecular complexity index is 1200. The highest BCUT2D eigenvalue weighted by Gasteiger charge is 2.44. The Morgan fingerprint density at radius 1 is 1.11 bits per heavy atom. The van der Waals surface area contributed by atoms with Crippen molar-refractivity contribution < 1.29 is 19.4 Å². The molecule has 1 aliphatic rings. The van der Waals surface area contributed by atoms with Crippen LogP contribution in [0.25, 0.3) is 0 Å². The van der Waals surface area contributed by atoms with E-state index in [4.69, 9.17) is 31.2 Å². The van der Waals surface area contributed by atoms with E-state index >= 15 is 0 Å². The van der Waals surface area contributed by atoms with Crippen molar-refractivity contribution in [2.45, 2.75) is 24.8 Å². The summed E-state index contributed by atoms with van der Waals surface area (Å²) in [6.45, 7) is 1.11. The Hall–Kier alpha value is -2.87. The Labute approximate surface area is 224 Å². The van der Waals surface area contributed by atoms with E-state index in [-0.39, 0.29) is 19.1 Å². The largest absolute Gasteiger partial charge is 0.494 e. The van der Waals surface area contributed by atoms with Gasteiger partial charge in [-0.25, -0.2) is 4.99 Å². The molecular weight excluding hydrogens is 544 g/mol. The van der Waals surface area contributed by atoms with E-state index in [9.17, 15) is 4.79 Å². The van der Waals surface area contributed by atoms with Crippen LogP contribution in [-0.2, 0) is 22.4 Å². The molecular formula is C28H28BrClN2O4. The van der Waals surface area contributed by atoms with Gasteiger partial charge in [-0.15, -0.1) is 0 Å². The van der Waals surface area contributed by atoms with Gasteiger partial charge < -0.3 is 19.9 Å². The number of nitrogens with one attached hydrogen (secondary N) is 1. The molecule has 6 nitrogen and oxygen atoms in total. The fourth-order valence-electron chi connectivity index (χ4n) is 3.95. The summed E-state index contributed by atoms with van der Waals surface area (Å²) in [4.78, 5) is 18.3. The molecule has 0 radical (unpaired) electrons. The number of aliphatic imine (C=N–C) groups is 1. The summed E-state index contributed by atoms with van der Waals surface area (Å²) in [6, 6.07) is 22.9. The van der Waals surface area contributed by atoms with Gasteiger partial charge in [0, 0.05) is 41.1 Å². The third-order valence-electron chi connectivity index (χ3n) is 5.91. The molecule has 1 atom stereocenters. The molecule has 0 saturated carbocycles. The summed E-state index contributed by atoms with van der Waals surface area (Å²) in [5, 5.41) is 12.6. The van der Waals surface area contributed by atoms with E-state index in [0.29, 0.717) is 49.1 Å². The molecule has 4 rings (SSSR count). The molecule has 3 aromatic rings. The van der Waals surface area contributed by atoms with Crippen LogP contribution in [0.2, 0.25) is 5.02 Å². The van der Waals surface area contributed by atoms with Crippen LogP contribution in [0.3, 0.4) is 0 Å². The summed E-state index contributed by atoms with van der Waals surface area (Å²) in [6.07, 6.45) is 1.60.